The van der Waals surface area contributed by atoms with Gasteiger partial charge in [0.2, 0.25) is 0 Å². The topological polar surface area (TPSA) is 88.1 Å². The Labute approximate surface area is 149 Å². The van der Waals surface area contributed by atoms with Crippen LogP contribution in [-0.2, 0) is 19.4 Å². The highest BCUT2D eigenvalue weighted by atomic mass is 127. The van der Waals surface area contributed by atoms with Crippen LogP contribution in [0.5, 0.6) is 0 Å². The number of esters is 1. The SMILES string of the molecule is CCNC(=NCCS(C)(=O)=O)N1CC(C)C(C(=O)OC)C1.I. The van der Waals surface area contributed by atoms with Crippen molar-refractivity contribution in [3.63, 3.8) is 0 Å². The summed E-state index contributed by atoms with van der Waals surface area (Å²) in [6.07, 6.45) is 1.20. The minimum absolute atomic E-state index is 0. The molecule has 0 aromatic rings. The van der Waals surface area contributed by atoms with Crippen molar-refractivity contribution in [2.45, 2.75) is 13.8 Å². The molecule has 0 aromatic heterocycles. The molecule has 22 heavy (non-hydrogen) atoms. The maximum atomic E-state index is 11.7. The average molecular weight is 447 g/mol. The minimum atomic E-state index is -3.02. The summed E-state index contributed by atoms with van der Waals surface area (Å²) < 4.78 is 27.1. The molecule has 1 aliphatic rings. The highest BCUT2D eigenvalue weighted by Crippen LogP contribution is 2.24. The van der Waals surface area contributed by atoms with Crippen molar-refractivity contribution in [1.82, 2.24) is 10.2 Å². The number of hydrogen-bond acceptors (Lipinski definition) is 5. The maximum Gasteiger partial charge on any atom is 0.310 e. The first kappa shape index (κ1) is 21.4. The Morgan fingerprint density at radius 1 is 1.41 bits per heavy atom. The Balaban J connectivity index is 0.00000441. The Bertz CT molecular complexity index is 496. The molecule has 1 heterocycles. The molecular weight excluding hydrogens is 421 g/mol. The maximum absolute atomic E-state index is 11.7. The smallest absolute Gasteiger partial charge is 0.310 e. The molecule has 0 spiro atoms. The van der Waals surface area contributed by atoms with E-state index in [1.165, 1.54) is 13.4 Å². The zero-order valence-electron chi connectivity index (χ0n) is 13.5. The lowest BCUT2D eigenvalue weighted by Crippen LogP contribution is -2.41. The van der Waals surface area contributed by atoms with Crippen LogP contribution >= 0.6 is 24.0 Å². The van der Waals surface area contributed by atoms with Crippen molar-refractivity contribution < 1.29 is 17.9 Å². The number of carbonyl (C=O) groups excluding carboxylic acids is 1. The van der Waals surface area contributed by atoms with E-state index in [1.807, 2.05) is 18.7 Å². The number of nitrogens with one attached hydrogen (secondary N) is 1. The molecule has 0 amide bonds. The fraction of sp³-hybridized carbons (Fsp3) is 0.846. The third-order valence-corrected chi connectivity index (χ3v) is 4.40. The first-order valence-electron chi connectivity index (χ1n) is 7.07. The lowest BCUT2D eigenvalue weighted by Gasteiger charge is -2.21. The van der Waals surface area contributed by atoms with Gasteiger partial charge in [0.15, 0.2) is 5.96 Å². The van der Waals surface area contributed by atoms with E-state index in [4.69, 9.17) is 4.74 Å². The number of nitrogens with zero attached hydrogens (tertiary/aromatic N) is 2. The summed E-state index contributed by atoms with van der Waals surface area (Å²) in [4.78, 5) is 18.0. The number of halogens is 1. The van der Waals surface area contributed by atoms with Crippen molar-refractivity contribution >= 4 is 45.7 Å². The summed E-state index contributed by atoms with van der Waals surface area (Å²) in [5.41, 5.74) is 0. The number of aliphatic imine (C=N–C) groups is 1. The Kier molecular flexibility index (Phi) is 9.28. The third-order valence-electron chi connectivity index (χ3n) is 3.47. The zero-order valence-corrected chi connectivity index (χ0v) is 16.7. The number of likely N-dealkylation sites (tertiary alicyclic amines) is 1. The van der Waals surface area contributed by atoms with Crippen LogP contribution in [0.25, 0.3) is 0 Å². The van der Waals surface area contributed by atoms with E-state index < -0.39 is 9.84 Å². The van der Waals surface area contributed by atoms with Crippen LogP contribution in [0.2, 0.25) is 0 Å². The Morgan fingerprint density at radius 3 is 2.55 bits per heavy atom. The van der Waals surface area contributed by atoms with Gasteiger partial charge < -0.3 is 15.0 Å². The van der Waals surface area contributed by atoms with Crippen molar-refractivity contribution in [2.75, 3.05) is 45.3 Å². The highest BCUT2D eigenvalue weighted by Gasteiger charge is 2.36. The lowest BCUT2D eigenvalue weighted by molar-refractivity contribution is -0.145. The van der Waals surface area contributed by atoms with Crippen LogP contribution in [0.15, 0.2) is 4.99 Å². The molecule has 2 atom stereocenters. The highest BCUT2D eigenvalue weighted by molar-refractivity contribution is 14.0. The van der Waals surface area contributed by atoms with Gasteiger partial charge in [-0.1, -0.05) is 6.92 Å². The van der Waals surface area contributed by atoms with E-state index >= 15 is 0 Å². The molecule has 0 aromatic carbocycles. The first-order chi connectivity index (χ1) is 9.78. The van der Waals surface area contributed by atoms with E-state index in [0.717, 1.165) is 0 Å². The van der Waals surface area contributed by atoms with Crippen LogP contribution in [0.3, 0.4) is 0 Å². The fourth-order valence-corrected chi connectivity index (χ4v) is 2.76. The molecule has 1 rings (SSSR count). The van der Waals surface area contributed by atoms with Gasteiger partial charge in [0.05, 0.1) is 25.3 Å². The number of sulfone groups is 1. The predicted octanol–water partition coefficient (Wildman–Crippen LogP) is 0.355. The van der Waals surface area contributed by atoms with Gasteiger partial charge in [-0.05, 0) is 12.8 Å². The van der Waals surface area contributed by atoms with E-state index in [1.54, 1.807) is 0 Å². The molecule has 1 saturated heterocycles. The van der Waals surface area contributed by atoms with Crippen molar-refractivity contribution in [2.24, 2.45) is 16.8 Å². The molecule has 1 N–H and O–H groups in total. The molecule has 1 fully saturated rings. The van der Waals surface area contributed by atoms with Gasteiger partial charge in [-0.25, -0.2) is 8.42 Å². The Morgan fingerprint density at radius 2 is 2.05 bits per heavy atom. The first-order valence-corrected chi connectivity index (χ1v) is 9.13. The van der Waals surface area contributed by atoms with Crippen LogP contribution < -0.4 is 5.32 Å². The zero-order chi connectivity index (χ0) is 16.0. The average Bonchev–Trinajstić information content (AvgIpc) is 2.77. The van der Waals surface area contributed by atoms with Crippen LogP contribution in [0.1, 0.15) is 13.8 Å². The van der Waals surface area contributed by atoms with Crippen molar-refractivity contribution in [3.8, 4) is 0 Å². The largest absolute Gasteiger partial charge is 0.469 e. The molecule has 130 valence electrons. The van der Waals surface area contributed by atoms with Crippen molar-refractivity contribution in [3.05, 3.63) is 0 Å². The summed E-state index contributed by atoms with van der Waals surface area (Å²) in [6.45, 7) is 6.09. The molecule has 0 bridgehead atoms. The Hall–Kier alpha value is -0.580. The molecule has 0 saturated carbocycles. The van der Waals surface area contributed by atoms with Gasteiger partial charge >= 0.3 is 5.97 Å². The number of ether oxygens (including phenoxy) is 1. The number of rotatable bonds is 5. The summed E-state index contributed by atoms with van der Waals surface area (Å²) in [5.74, 6) is 0.465. The number of guanidine groups is 1. The molecule has 2 unspecified atom stereocenters. The fourth-order valence-electron chi connectivity index (χ4n) is 2.34. The van der Waals surface area contributed by atoms with Gasteiger partial charge in [-0.15, -0.1) is 24.0 Å². The summed E-state index contributed by atoms with van der Waals surface area (Å²) in [5, 5.41) is 3.14. The van der Waals surface area contributed by atoms with Crippen molar-refractivity contribution in [1.29, 1.82) is 0 Å². The van der Waals surface area contributed by atoms with Gasteiger partial charge in [0, 0.05) is 25.9 Å². The lowest BCUT2D eigenvalue weighted by atomic mass is 9.99. The normalized spacial score (nSPS) is 22.2. The second-order valence-corrected chi connectivity index (χ2v) is 7.64. The molecule has 0 radical (unpaired) electrons. The minimum Gasteiger partial charge on any atom is -0.469 e. The number of methoxy groups -OCH3 is 1. The van der Waals surface area contributed by atoms with Gasteiger partial charge in [-0.3, -0.25) is 9.79 Å². The van der Waals surface area contributed by atoms with E-state index in [2.05, 4.69) is 10.3 Å². The van der Waals surface area contributed by atoms with E-state index in [9.17, 15) is 13.2 Å². The molecular formula is C13H26IN3O4S. The number of hydrogen-bond donors (Lipinski definition) is 1. The van der Waals surface area contributed by atoms with E-state index in [-0.39, 0.29) is 54.1 Å². The predicted molar refractivity (Wildman–Crippen MR) is 97.3 cm³/mol. The summed E-state index contributed by atoms with van der Waals surface area (Å²) in [6, 6.07) is 0. The second-order valence-electron chi connectivity index (χ2n) is 5.38. The molecule has 7 nitrogen and oxygen atoms in total. The molecule has 9 heteroatoms. The quantitative estimate of drug-likeness (QED) is 0.283. The standard InChI is InChI=1S/C13H25N3O4S.HI/c1-5-14-13(15-6-7-21(4,18)19)16-8-10(2)11(9-16)12(17)20-3;/h10-11H,5-9H2,1-4H3,(H,14,15);1H. The van der Waals surface area contributed by atoms with Gasteiger partial charge in [0.1, 0.15) is 9.84 Å². The van der Waals surface area contributed by atoms with Gasteiger partial charge in [0.25, 0.3) is 0 Å². The van der Waals surface area contributed by atoms with Crippen LogP contribution in [0.4, 0.5) is 0 Å². The summed E-state index contributed by atoms with van der Waals surface area (Å²) >= 11 is 0. The van der Waals surface area contributed by atoms with E-state index in [0.29, 0.717) is 25.6 Å². The van der Waals surface area contributed by atoms with Crippen LogP contribution in [-0.4, -0.2) is 70.5 Å². The van der Waals surface area contributed by atoms with Crippen LogP contribution in [0, 0.1) is 11.8 Å². The molecule has 0 aliphatic carbocycles. The molecule has 1 aliphatic heterocycles. The monoisotopic (exact) mass is 447 g/mol. The van der Waals surface area contributed by atoms with Gasteiger partial charge in [-0.2, -0.15) is 0 Å². The summed E-state index contributed by atoms with van der Waals surface area (Å²) in [7, 11) is -1.63. The third kappa shape index (κ3) is 6.67. The number of carbonyl (C=O) groups is 1. The second kappa shape index (κ2) is 9.53.